The fourth-order valence-electron chi connectivity index (χ4n) is 5.08. The molecule has 0 saturated carbocycles. The Labute approximate surface area is 236 Å². The van der Waals surface area contributed by atoms with Crippen molar-refractivity contribution >= 4 is 34.4 Å². The molecule has 5 rings (SSSR count). The van der Waals surface area contributed by atoms with Crippen molar-refractivity contribution in [3.8, 4) is 22.7 Å². The standard InChI is InChI=1S/C29H30ClFN6O3/c1-15(2)24-26(17(4)23(14-33-24)40-18(5)38)37-28-20(27(35-29(37)39)36-11-10-32-13-16(36)3)12-21(30)25(34-28)19-8-6-7-9-22(19)31/h6-9,12,14-16,32H,10-11,13H2,1-5H3/t16-/m0/s1. The zero-order chi connectivity index (χ0) is 28.7. The van der Waals surface area contributed by atoms with Gasteiger partial charge in [0.2, 0.25) is 0 Å². The van der Waals surface area contributed by atoms with Gasteiger partial charge in [0.15, 0.2) is 11.4 Å². The number of nitrogens with zero attached hydrogens (tertiary/aromatic N) is 5. The number of aromatic nitrogens is 4. The third-order valence-electron chi connectivity index (χ3n) is 7.02. The topological polar surface area (TPSA) is 102 Å². The Morgan fingerprint density at radius 2 is 2.00 bits per heavy atom. The number of esters is 1. The van der Waals surface area contributed by atoms with Crippen LogP contribution < -0.4 is 20.6 Å². The molecule has 0 amide bonds. The summed E-state index contributed by atoms with van der Waals surface area (Å²) < 4.78 is 21.7. The first-order chi connectivity index (χ1) is 19.1. The van der Waals surface area contributed by atoms with Crippen LogP contribution in [0.5, 0.6) is 5.75 Å². The maximum Gasteiger partial charge on any atom is 0.355 e. The first-order valence-corrected chi connectivity index (χ1v) is 13.5. The summed E-state index contributed by atoms with van der Waals surface area (Å²) in [7, 11) is 0. The number of halogens is 2. The Hall–Kier alpha value is -3.89. The van der Waals surface area contributed by atoms with Crippen LogP contribution in [0.3, 0.4) is 0 Å². The smallest absolute Gasteiger partial charge is 0.355 e. The highest BCUT2D eigenvalue weighted by Gasteiger charge is 2.28. The van der Waals surface area contributed by atoms with Crippen LogP contribution in [-0.4, -0.2) is 51.2 Å². The quantitative estimate of drug-likeness (QED) is 0.345. The highest BCUT2D eigenvalue weighted by molar-refractivity contribution is 6.33. The Kier molecular flexibility index (Phi) is 7.57. The van der Waals surface area contributed by atoms with Crippen LogP contribution in [0.1, 0.15) is 44.9 Å². The fraction of sp³-hybridized carbons (Fsp3) is 0.345. The largest absolute Gasteiger partial charge is 0.425 e. The van der Waals surface area contributed by atoms with Crippen molar-refractivity contribution in [1.29, 1.82) is 0 Å². The molecule has 40 heavy (non-hydrogen) atoms. The number of rotatable bonds is 5. The van der Waals surface area contributed by atoms with Gasteiger partial charge in [-0.2, -0.15) is 4.98 Å². The maximum atomic E-state index is 14.9. The lowest BCUT2D eigenvalue weighted by Crippen LogP contribution is -2.50. The molecule has 1 atom stereocenters. The summed E-state index contributed by atoms with van der Waals surface area (Å²) in [6.07, 6.45) is 1.47. The SMILES string of the molecule is CC(=O)Oc1cnc(C(C)C)c(-n2c(=O)nc(N3CCNC[C@@H]3C)c3cc(Cl)c(-c4ccccc4F)nc32)c1C. The number of pyridine rings is 2. The van der Waals surface area contributed by atoms with Crippen molar-refractivity contribution in [3.63, 3.8) is 0 Å². The molecule has 0 unspecified atom stereocenters. The van der Waals surface area contributed by atoms with Crippen LogP contribution >= 0.6 is 11.6 Å². The van der Waals surface area contributed by atoms with E-state index in [-0.39, 0.29) is 39.6 Å². The predicted octanol–water partition coefficient (Wildman–Crippen LogP) is 4.79. The third-order valence-corrected chi connectivity index (χ3v) is 7.30. The number of hydrogen-bond donors (Lipinski definition) is 1. The van der Waals surface area contributed by atoms with Crippen molar-refractivity contribution in [2.24, 2.45) is 0 Å². The van der Waals surface area contributed by atoms with E-state index in [1.54, 1.807) is 31.2 Å². The van der Waals surface area contributed by atoms with Crippen molar-refractivity contribution in [2.75, 3.05) is 24.5 Å². The number of carbonyl (C=O) groups is 1. The molecule has 3 aromatic heterocycles. The highest BCUT2D eigenvalue weighted by Crippen LogP contribution is 2.37. The van der Waals surface area contributed by atoms with E-state index in [4.69, 9.17) is 21.3 Å². The van der Waals surface area contributed by atoms with Gasteiger partial charge in [-0.1, -0.05) is 37.6 Å². The summed E-state index contributed by atoms with van der Waals surface area (Å²) in [5.74, 6) is -0.443. The number of nitrogens with one attached hydrogen (secondary N) is 1. The molecule has 1 aromatic carbocycles. The van der Waals surface area contributed by atoms with Crippen LogP contribution in [0.15, 0.2) is 41.3 Å². The Bertz CT molecular complexity index is 1690. The van der Waals surface area contributed by atoms with Gasteiger partial charge in [-0.05, 0) is 38.0 Å². The summed E-state index contributed by atoms with van der Waals surface area (Å²) in [6, 6.07) is 7.94. The average molecular weight is 565 g/mol. The van der Waals surface area contributed by atoms with Gasteiger partial charge in [-0.15, -0.1) is 0 Å². The van der Waals surface area contributed by atoms with Crippen molar-refractivity contribution in [2.45, 2.75) is 46.6 Å². The second kappa shape index (κ2) is 10.9. The van der Waals surface area contributed by atoms with Gasteiger partial charge >= 0.3 is 11.7 Å². The summed E-state index contributed by atoms with van der Waals surface area (Å²) in [5.41, 5.74) is 1.57. The van der Waals surface area contributed by atoms with E-state index < -0.39 is 17.5 Å². The lowest BCUT2D eigenvalue weighted by atomic mass is 10.0. The normalized spacial score (nSPS) is 15.6. The van der Waals surface area contributed by atoms with E-state index in [0.717, 1.165) is 6.54 Å². The highest BCUT2D eigenvalue weighted by atomic mass is 35.5. The minimum absolute atomic E-state index is 0.0478. The number of benzene rings is 1. The maximum absolute atomic E-state index is 14.9. The van der Waals surface area contributed by atoms with E-state index in [1.807, 2.05) is 20.8 Å². The lowest BCUT2D eigenvalue weighted by Gasteiger charge is -2.35. The molecule has 1 aliphatic heterocycles. The molecular formula is C29H30ClFN6O3. The van der Waals surface area contributed by atoms with E-state index in [1.165, 1.54) is 23.8 Å². The first kappa shape index (κ1) is 27.7. The molecular weight excluding hydrogens is 535 g/mol. The number of anilines is 1. The van der Waals surface area contributed by atoms with Crippen LogP contribution in [0.2, 0.25) is 5.02 Å². The van der Waals surface area contributed by atoms with E-state index in [0.29, 0.717) is 41.2 Å². The zero-order valence-electron chi connectivity index (χ0n) is 23.0. The van der Waals surface area contributed by atoms with Crippen LogP contribution in [0, 0.1) is 12.7 Å². The summed E-state index contributed by atoms with van der Waals surface area (Å²) in [4.78, 5) is 41.8. The molecule has 9 nitrogen and oxygen atoms in total. The first-order valence-electron chi connectivity index (χ1n) is 13.1. The van der Waals surface area contributed by atoms with Gasteiger partial charge in [0.1, 0.15) is 11.6 Å². The zero-order valence-corrected chi connectivity index (χ0v) is 23.7. The molecule has 1 fully saturated rings. The molecule has 11 heteroatoms. The number of ether oxygens (including phenoxy) is 1. The number of fused-ring (bicyclic) bond motifs is 1. The second-order valence-corrected chi connectivity index (χ2v) is 10.6. The van der Waals surface area contributed by atoms with Gasteiger partial charge in [0, 0.05) is 43.7 Å². The molecule has 4 heterocycles. The minimum atomic E-state index is -0.589. The van der Waals surface area contributed by atoms with Gasteiger partial charge in [0.05, 0.1) is 33.7 Å². The van der Waals surface area contributed by atoms with Gasteiger partial charge < -0.3 is 15.0 Å². The van der Waals surface area contributed by atoms with Crippen molar-refractivity contribution < 1.29 is 13.9 Å². The van der Waals surface area contributed by atoms with Crippen molar-refractivity contribution in [1.82, 2.24) is 24.8 Å². The van der Waals surface area contributed by atoms with Crippen LogP contribution in [-0.2, 0) is 4.79 Å². The summed E-state index contributed by atoms with van der Waals surface area (Å²) in [5, 5.41) is 4.10. The van der Waals surface area contributed by atoms with Crippen molar-refractivity contribution in [3.05, 3.63) is 69.1 Å². The molecule has 0 radical (unpaired) electrons. The summed E-state index contributed by atoms with van der Waals surface area (Å²) in [6.45, 7) is 11.0. The van der Waals surface area contributed by atoms with Gasteiger partial charge in [0.25, 0.3) is 0 Å². The molecule has 208 valence electrons. The predicted molar refractivity (Wildman–Crippen MR) is 153 cm³/mol. The van der Waals surface area contributed by atoms with Crippen LogP contribution in [0.25, 0.3) is 28.0 Å². The number of piperazine rings is 1. The van der Waals surface area contributed by atoms with Crippen LogP contribution in [0.4, 0.5) is 10.2 Å². The molecule has 1 aliphatic rings. The average Bonchev–Trinajstić information content (AvgIpc) is 2.90. The van der Waals surface area contributed by atoms with E-state index in [9.17, 15) is 14.0 Å². The van der Waals surface area contributed by atoms with E-state index >= 15 is 0 Å². The third kappa shape index (κ3) is 4.93. The molecule has 0 aliphatic carbocycles. The molecule has 4 aromatic rings. The lowest BCUT2D eigenvalue weighted by molar-refractivity contribution is -0.131. The second-order valence-electron chi connectivity index (χ2n) is 10.2. The van der Waals surface area contributed by atoms with Gasteiger partial charge in [-0.25, -0.2) is 18.7 Å². The van der Waals surface area contributed by atoms with E-state index in [2.05, 4.69) is 20.2 Å². The molecule has 1 saturated heterocycles. The number of carbonyl (C=O) groups excluding carboxylic acids is 1. The number of hydrogen-bond acceptors (Lipinski definition) is 8. The Morgan fingerprint density at radius 3 is 2.67 bits per heavy atom. The Morgan fingerprint density at radius 1 is 1.25 bits per heavy atom. The summed E-state index contributed by atoms with van der Waals surface area (Å²) >= 11 is 6.75. The monoisotopic (exact) mass is 564 g/mol. The molecule has 1 N–H and O–H groups in total. The Balaban J connectivity index is 1.91. The minimum Gasteiger partial charge on any atom is -0.425 e. The molecule has 0 spiro atoms. The molecule has 0 bridgehead atoms. The fourth-order valence-corrected chi connectivity index (χ4v) is 5.33. The van der Waals surface area contributed by atoms with Gasteiger partial charge in [-0.3, -0.25) is 9.78 Å².